The molecule has 0 saturated carbocycles. The highest BCUT2D eigenvalue weighted by atomic mass is 35.5. The number of piperidine rings is 1. The third-order valence-corrected chi connectivity index (χ3v) is 4.78. The van der Waals surface area contributed by atoms with Crippen LogP contribution in [0.25, 0.3) is 23.1 Å². The van der Waals surface area contributed by atoms with E-state index in [1.54, 1.807) is 0 Å². The van der Waals surface area contributed by atoms with Crippen LogP contribution in [-0.4, -0.2) is 35.2 Å². The van der Waals surface area contributed by atoms with Crippen LogP contribution in [0.2, 0.25) is 0 Å². The number of aromatic amines is 1. The van der Waals surface area contributed by atoms with Crippen LogP contribution >= 0.6 is 24.8 Å². The number of carbonyl (C=O) groups excluding carboxylic acids is 1. The van der Waals surface area contributed by atoms with Crippen molar-refractivity contribution in [2.24, 2.45) is 0 Å². The third kappa shape index (κ3) is 5.13. The minimum absolute atomic E-state index is 0. The molecule has 0 bridgehead atoms. The summed E-state index contributed by atoms with van der Waals surface area (Å²) in [7, 11) is 0. The lowest BCUT2D eigenvalue weighted by atomic mass is 10.1. The second-order valence-electron chi connectivity index (χ2n) is 6.61. The fourth-order valence-corrected chi connectivity index (χ4v) is 3.27. The van der Waals surface area contributed by atoms with Crippen molar-refractivity contribution >= 4 is 53.8 Å². The minimum Gasteiger partial charge on any atom is -0.349 e. The number of H-pyrrole nitrogens is 1. The van der Waals surface area contributed by atoms with E-state index in [4.69, 9.17) is 0 Å². The van der Waals surface area contributed by atoms with Crippen molar-refractivity contribution in [3.63, 3.8) is 0 Å². The SMILES string of the molecule is Cl.Cl.O=C(NC1CCNCC1)c1ccc(/C=C/c2n[nH]c3ccccc23)cc1. The molecule has 1 amide bonds. The third-order valence-electron chi connectivity index (χ3n) is 4.78. The largest absolute Gasteiger partial charge is 0.349 e. The topological polar surface area (TPSA) is 69.8 Å². The molecule has 1 aromatic heterocycles. The average Bonchev–Trinajstić information content (AvgIpc) is 3.11. The van der Waals surface area contributed by atoms with Crippen molar-refractivity contribution < 1.29 is 4.79 Å². The normalized spacial score (nSPS) is 14.4. The van der Waals surface area contributed by atoms with Gasteiger partial charge in [-0.3, -0.25) is 9.89 Å². The second-order valence-corrected chi connectivity index (χ2v) is 6.61. The van der Waals surface area contributed by atoms with E-state index in [1.807, 2.05) is 60.7 Å². The summed E-state index contributed by atoms with van der Waals surface area (Å²) in [6.07, 6.45) is 5.98. The number of para-hydroxylation sites is 1. The van der Waals surface area contributed by atoms with E-state index in [-0.39, 0.29) is 36.8 Å². The van der Waals surface area contributed by atoms with Gasteiger partial charge in [0.25, 0.3) is 5.91 Å². The Morgan fingerprint density at radius 1 is 1.00 bits per heavy atom. The highest BCUT2D eigenvalue weighted by Gasteiger charge is 2.16. The molecule has 0 spiro atoms. The van der Waals surface area contributed by atoms with Crippen LogP contribution in [0.1, 0.15) is 34.5 Å². The summed E-state index contributed by atoms with van der Waals surface area (Å²) in [5.74, 6) is 0.00530. The molecule has 148 valence electrons. The van der Waals surface area contributed by atoms with Gasteiger partial charge in [0, 0.05) is 17.0 Å². The van der Waals surface area contributed by atoms with E-state index < -0.39 is 0 Å². The lowest BCUT2D eigenvalue weighted by molar-refractivity contribution is 0.0929. The summed E-state index contributed by atoms with van der Waals surface area (Å²) in [6.45, 7) is 1.94. The highest BCUT2D eigenvalue weighted by molar-refractivity contribution is 5.95. The van der Waals surface area contributed by atoms with Crippen molar-refractivity contribution in [3.05, 3.63) is 65.4 Å². The Morgan fingerprint density at radius 3 is 2.46 bits per heavy atom. The molecule has 1 saturated heterocycles. The van der Waals surface area contributed by atoms with E-state index in [9.17, 15) is 4.79 Å². The van der Waals surface area contributed by atoms with Gasteiger partial charge in [-0.2, -0.15) is 5.10 Å². The van der Waals surface area contributed by atoms with Crippen LogP contribution in [0.5, 0.6) is 0 Å². The number of rotatable bonds is 4. The van der Waals surface area contributed by atoms with E-state index in [0.717, 1.165) is 48.1 Å². The Labute approximate surface area is 176 Å². The molecule has 3 N–H and O–H groups in total. The molecular formula is C21H24Cl2N4O. The zero-order valence-corrected chi connectivity index (χ0v) is 17.0. The fourth-order valence-electron chi connectivity index (χ4n) is 3.27. The van der Waals surface area contributed by atoms with Gasteiger partial charge in [0.1, 0.15) is 0 Å². The molecule has 7 heteroatoms. The Hall–Kier alpha value is -2.34. The summed E-state index contributed by atoms with van der Waals surface area (Å²) >= 11 is 0. The standard InChI is InChI=1S/C21H22N4O.2ClH/c26-21(23-17-11-13-22-14-12-17)16-8-5-15(6-9-16)7-10-20-18-3-1-2-4-19(18)24-25-20;;/h1-10,17,22H,11-14H2,(H,23,26)(H,24,25);2*1H/b10-7+;;. The van der Waals surface area contributed by atoms with Crippen LogP contribution in [-0.2, 0) is 0 Å². The zero-order chi connectivity index (χ0) is 17.8. The first-order valence-corrected chi connectivity index (χ1v) is 9.02. The maximum atomic E-state index is 12.4. The molecule has 3 aromatic rings. The Bertz CT molecular complexity index is 931. The number of amides is 1. The Kier molecular flexibility index (Phi) is 8.05. The first-order valence-electron chi connectivity index (χ1n) is 9.02. The van der Waals surface area contributed by atoms with Crippen molar-refractivity contribution in [3.8, 4) is 0 Å². The van der Waals surface area contributed by atoms with Gasteiger partial charge < -0.3 is 10.6 Å². The van der Waals surface area contributed by atoms with Crippen molar-refractivity contribution in [1.82, 2.24) is 20.8 Å². The molecule has 0 unspecified atom stereocenters. The van der Waals surface area contributed by atoms with Crippen molar-refractivity contribution in [1.29, 1.82) is 0 Å². The molecule has 0 aliphatic carbocycles. The van der Waals surface area contributed by atoms with E-state index in [0.29, 0.717) is 5.56 Å². The van der Waals surface area contributed by atoms with Gasteiger partial charge >= 0.3 is 0 Å². The predicted molar refractivity (Wildman–Crippen MR) is 119 cm³/mol. The molecule has 2 heterocycles. The van der Waals surface area contributed by atoms with Gasteiger partial charge in [0.2, 0.25) is 0 Å². The number of benzene rings is 2. The predicted octanol–water partition coefficient (Wildman–Crippen LogP) is 4.06. The molecule has 1 aliphatic rings. The molecule has 1 fully saturated rings. The quantitative estimate of drug-likeness (QED) is 0.598. The summed E-state index contributed by atoms with van der Waals surface area (Å²) in [4.78, 5) is 12.4. The van der Waals surface area contributed by atoms with Gasteiger partial charge in [0.15, 0.2) is 0 Å². The molecule has 1 aliphatic heterocycles. The number of nitrogens with one attached hydrogen (secondary N) is 3. The summed E-state index contributed by atoms with van der Waals surface area (Å²) in [5.41, 5.74) is 3.67. The smallest absolute Gasteiger partial charge is 0.251 e. The first kappa shape index (κ1) is 22.0. The van der Waals surface area contributed by atoms with Crippen molar-refractivity contribution in [2.45, 2.75) is 18.9 Å². The summed E-state index contributed by atoms with van der Waals surface area (Å²) in [6, 6.07) is 16.0. The molecule has 4 rings (SSSR count). The minimum atomic E-state index is 0. The number of hydrogen-bond acceptors (Lipinski definition) is 3. The second kappa shape index (κ2) is 10.3. The first-order chi connectivity index (χ1) is 12.8. The van der Waals surface area contributed by atoms with E-state index in [2.05, 4.69) is 20.8 Å². The van der Waals surface area contributed by atoms with Gasteiger partial charge in [-0.1, -0.05) is 36.4 Å². The molecule has 28 heavy (non-hydrogen) atoms. The van der Waals surface area contributed by atoms with Crippen LogP contribution in [0.3, 0.4) is 0 Å². The van der Waals surface area contributed by atoms with Crippen LogP contribution in [0, 0.1) is 0 Å². The van der Waals surface area contributed by atoms with E-state index in [1.165, 1.54) is 0 Å². The van der Waals surface area contributed by atoms with E-state index >= 15 is 0 Å². The van der Waals surface area contributed by atoms with Crippen LogP contribution < -0.4 is 10.6 Å². The molecular weight excluding hydrogens is 395 g/mol. The number of carbonyl (C=O) groups is 1. The average molecular weight is 419 g/mol. The van der Waals surface area contributed by atoms with Crippen molar-refractivity contribution in [2.75, 3.05) is 13.1 Å². The maximum Gasteiger partial charge on any atom is 0.251 e. The Morgan fingerprint density at radius 2 is 1.71 bits per heavy atom. The number of fused-ring (bicyclic) bond motifs is 1. The number of hydrogen-bond donors (Lipinski definition) is 3. The molecule has 5 nitrogen and oxygen atoms in total. The van der Waals surface area contributed by atoms with Gasteiger partial charge in [-0.05, 0) is 55.8 Å². The van der Waals surface area contributed by atoms with Gasteiger partial charge in [-0.15, -0.1) is 24.8 Å². The number of nitrogens with zero attached hydrogens (tertiary/aromatic N) is 1. The van der Waals surface area contributed by atoms with Crippen LogP contribution in [0.15, 0.2) is 48.5 Å². The molecule has 0 atom stereocenters. The summed E-state index contributed by atoms with van der Waals surface area (Å²) in [5, 5.41) is 14.9. The summed E-state index contributed by atoms with van der Waals surface area (Å²) < 4.78 is 0. The molecule has 0 radical (unpaired) electrons. The monoisotopic (exact) mass is 418 g/mol. The number of aromatic nitrogens is 2. The number of halogens is 2. The zero-order valence-electron chi connectivity index (χ0n) is 15.4. The maximum absolute atomic E-state index is 12.4. The molecule has 2 aromatic carbocycles. The van der Waals surface area contributed by atoms with Crippen LogP contribution in [0.4, 0.5) is 0 Å². The highest BCUT2D eigenvalue weighted by Crippen LogP contribution is 2.18. The Balaban J connectivity index is 0.00000140. The fraction of sp³-hybridized carbons (Fsp3) is 0.238. The lowest BCUT2D eigenvalue weighted by Gasteiger charge is -2.23. The van der Waals surface area contributed by atoms with Gasteiger partial charge in [0.05, 0.1) is 11.2 Å². The van der Waals surface area contributed by atoms with Gasteiger partial charge in [-0.25, -0.2) is 0 Å². The lowest BCUT2D eigenvalue weighted by Crippen LogP contribution is -2.42.